The van der Waals surface area contributed by atoms with Crippen LogP contribution in [0.1, 0.15) is 26.3 Å². The fourth-order valence-corrected chi connectivity index (χ4v) is 2.71. The molecule has 0 bridgehead atoms. The standard InChI is InChI=1S/C16H28N2O3Si/c1-16(2,3)22(4,5)21-11-10-20-14-9-7-6-8-13(14)12-15(19)18-17/h6-9H,10-12,17H2,1-5H3,(H,18,19). The maximum Gasteiger partial charge on any atom is 0.238 e. The lowest BCUT2D eigenvalue weighted by Crippen LogP contribution is -2.41. The summed E-state index contributed by atoms with van der Waals surface area (Å²) >= 11 is 0. The Hall–Kier alpha value is -1.37. The number of rotatable bonds is 7. The molecule has 0 unspecified atom stereocenters. The van der Waals surface area contributed by atoms with Crippen LogP contribution in [0.5, 0.6) is 5.75 Å². The van der Waals surface area contributed by atoms with Crippen molar-refractivity contribution in [2.45, 2.75) is 45.3 Å². The van der Waals surface area contributed by atoms with Gasteiger partial charge >= 0.3 is 0 Å². The van der Waals surface area contributed by atoms with Crippen LogP contribution in [0.4, 0.5) is 0 Å². The molecule has 0 atom stereocenters. The lowest BCUT2D eigenvalue weighted by molar-refractivity contribution is -0.120. The highest BCUT2D eigenvalue weighted by Crippen LogP contribution is 2.36. The van der Waals surface area contributed by atoms with Gasteiger partial charge in [0.1, 0.15) is 12.4 Å². The number of benzene rings is 1. The van der Waals surface area contributed by atoms with Crippen LogP contribution >= 0.6 is 0 Å². The van der Waals surface area contributed by atoms with E-state index in [9.17, 15) is 4.79 Å². The van der Waals surface area contributed by atoms with Crippen LogP contribution in [0.2, 0.25) is 18.1 Å². The third kappa shape index (κ3) is 5.44. The van der Waals surface area contributed by atoms with Crippen LogP contribution in [0.3, 0.4) is 0 Å². The Balaban J connectivity index is 2.54. The molecule has 6 heteroatoms. The number of hydrogen-bond donors (Lipinski definition) is 2. The Kier molecular flexibility index (Phi) is 6.59. The van der Waals surface area contributed by atoms with Gasteiger partial charge in [-0.2, -0.15) is 0 Å². The van der Waals surface area contributed by atoms with Crippen LogP contribution in [0, 0.1) is 0 Å². The van der Waals surface area contributed by atoms with Gasteiger partial charge in [-0.15, -0.1) is 0 Å². The van der Waals surface area contributed by atoms with E-state index in [4.69, 9.17) is 15.0 Å². The van der Waals surface area contributed by atoms with E-state index in [2.05, 4.69) is 39.3 Å². The first-order chi connectivity index (χ1) is 10.2. The molecule has 0 saturated carbocycles. The summed E-state index contributed by atoms with van der Waals surface area (Å²) in [5, 5.41) is 0.185. The maximum atomic E-state index is 11.4. The Morgan fingerprint density at radius 3 is 2.45 bits per heavy atom. The third-order valence-electron chi connectivity index (χ3n) is 4.09. The average molecular weight is 324 g/mol. The van der Waals surface area contributed by atoms with E-state index in [1.165, 1.54) is 0 Å². The second-order valence-electron chi connectivity index (χ2n) is 6.81. The Bertz CT molecular complexity index is 498. The minimum absolute atomic E-state index is 0.185. The number of nitrogens with two attached hydrogens (primary N) is 1. The van der Waals surface area contributed by atoms with Gasteiger partial charge in [0.05, 0.1) is 13.0 Å². The summed E-state index contributed by atoms with van der Waals surface area (Å²) in [4.78, 5) is 11.4. The molecule has 3 N–H and O–H groups in total. The van der Waals surface area contributed by atoms with Gasteiger partial charge in [-0.25, -0.2) is 5.84 Å². The fourth-order valence-electron chi connectivity index (χ4n) is 1.68. The van der Waals surface area contributed by atoms with E-state index in [1.54, 1.807) is 0 Å². The molecule has 1 amide bonds. The zero-order valence-corrected chi connectivity index (χ0v) is 15.2. The van der Waals surface area contributed by atoms with Crippen molar-refractivity contribution in [3.05, 3.63) is 29.8 Å². The van der Waals surface area contributed by atoms with Crippen molar-refractivity contribution < 1.29 is 14.0 Å². The summed E-state index contributed by atoms with van der Waals surface area (Å²) in [5.41, 5.74) is 2.95. The van der Waals surface area contributed by atoms with E-state index < -0.39 is 8.32 Å². The molecule has 0 fully saturated rings. The number of hydrogen-bond acceptors (Lipinski definition) is 4. The van der Waals surface area contributed by atoms with E-state index in [-0.39, 0.29) is 17.4 Å². The van der Waals surface area contributed by atoms with Crippen molar-refractivity contribution in [2.75, 3.05) is 13.2 Å². The van der Waals surface area contributed by atoms with Crippen molar-refractivity contribution in [3.8, 4) is 5.75 Å². The number of carbonyl (C=O) groups excluding carboxylic acids is 1. The molecule has 1 aromatic rings. The molecule has 0 aliphatic heterocycles. The van der Waals surface area contributed by atoms with E-state index >= 15 is 0 Å². The number of ether oxygens (including phenoxy) is 1. The van der Waals surface area contributed by atoms with E-state index in [0.717, 1.165) is 5.56 Å². The molecule has 22 heavy (non-hydrogen) atoms. The first-order valence-corrected chi connectivity index (χ1v) is 10.4. The number of para-hydroxylation sites is 1. The summed E-state index contributed by atoms with van der Waals surface area (Å²) < 4.78 is 11.8. The van der Waals surface area contributed by atoms with Gasteiger partial charge < -0.3 is 9.16 Å². The van der Waals surface area contributed by atoms with Gasteiger partial charge in [-0.1, -0.05) is 39.0 Å². The Morgan fingerprint density at radius 2 is 1.86 bits per heavy atom. The smallest absolute Gasteiger partial charge is 0.238 e. The Morgan fingerprint density at radius 1 is 1.23 bits per heavy atom. The van der Waals surface area contributed by atoms with Crippen LogP contribution in [0.25, 0.3) is 0 Å². The predicted octanol–water partition coefficient (Wildman–Crippen LogP) is 2.62. The van der Waals surface area contributed by atoms with Crippen LogP contribution in [-0.4, -0.2) is 27.4 Å². The van der Waals surface area contributed by atoms with Gasteiger partial charge in [0.25, 0.3) is 0 Å². The number of carbonyl (C=O) groups is 1. The van der Waals surface area contributed by atoms with Crippen molar-refractivity contribution in [1.29, 1.82) is 0 Å². The zero-order valence-electron chi connectivity index (χ0n) is 14.2. The molecule has 5 nitrogen and oxygen atoms in total. The first kappa shape index (κ1) is 18.7. The molecule has 1 rings (SSSR count). The normalized spacial score (nSPS) is 12.1. The highest BCUT2D eigenvalue weighted by atomic mass is 28.4. The highest BCUT2D eigenvalue weighted by Gasteiger charge is 2.36. The number of nitrogens with one attached hydrogen (secondary N) is 1. The Labute approximate surface area is 134 Å². The second-order valence-corrected chi connectivity index (χ2v) is 11.6. The van der Waals surface area contributed by atoms with Gasteiger partial charge in [-0.05, 0) is 24.2 Å². The van der Waals surface area contributed by atoms with Gasteiger partial charge in [0.15, 0.2) is 8.32 Å². The van der Waals surface area contributed by atoms with Crippen LogP contribution in [0.15, 0.2) is 24.3 Å². The van der Waals surface area contributed by atoms with Crippen molar-refractivity contribution in [1.82, 2.24) is 5.43 Å². The average Bonchev–Trinajstić information content (AvgIpc) is 2.43. The molecule has 0 aliphatic rings. The summed E-state index contributed by atoms with van der Waals surface area (Å²) in [5.74, 6) is 5.58. The largest absolute Gasteiger partial charge is 0.491 e. The fraction of sp³-hybridized carbons (Fsp3) is 0.562. The minimum Gasteiger partial charge on any atom is -0.491 e. The SMILES string of the molecule is CC(C)(C)[Si](C)(C)OCCOc1ccccc1CC(=O)NN. The number of hydrazine groups is 1. The minimum atomic E-state index is -1.75. The van der Waals surface area contributed by atoms with Crippen molar-refractivity contribution in [3.63, 3.8) is 0 Å². The molecule has 0 heterocycles. The molecular weight excluding hydrogens is 296 g/mol. The van der Waals surface area contributed by atoms with E-state index in [1.807, 2.05) is 24.3 Å². The zero-order chi connectivity index (χ0) is 16.8. The van der Waals surface area contributed by atoms with Gasteiger partial charge in [0.2, 0.25) is 5.91 Å². The van der Waals surface area contributed by atoms with Crippen LogP contribution in [-0.2, 0) is 15.6 Å². The molecule has 0 spiro atoms. The van der Waals surface area contributed by atoms with Crippen molar-refractivity contribution in [2.24, 2.45) is 5.84 Å². The topological polar surface area (TPSA) is 73.6 Å². The number of amides is 1. The van der Waals surface area contributed by atoms with Gasteiger partial charge in [-0.3, -0.25) is 10.2 Å². The maximum absolute atomic E-state index is 11.4. The summed E-state index contributed by atoms with van der Waals surface area (Å²) in [6.45, 7) is 12.1. The summed E-state index contributed by atoms with van der Waals surface area (Å²) in [6, 6.07) is 7.47. The first-order valence-electron chi connectivity index (χ1n) is 7.51. The monoisotopic (exact) mass is 324 g/mol. The van der Waals surface area contributed by atoms with Crippen LogP contribution < -0.4 is 16.0 Å². The molecule has 1 aromatic carbocycles. The summed E-state index contributed by atoms with van der Waals surface area (Å²) in [6.07, 6.45) is 0.204. The molecular formula is C16H28N2O3Si. The second kappa shape index (κ2) is 7.76. The predicted molar refractivity (Wildman–Crippen MR) is 91.1 cm³/mol. The molecule has 0 saturated heterocycles. The lowest BCUT2D eigenvalue weighted by Gasteiger charge is -2.36. The molecule has 0 radical (unpaired) electrons. The van der Waals surface area contributed by atoms with Gasteiger partial charge in [0, 0.05) is 5.56 Å². The lowest BCUT2D eigenvalue weighted by atomic mass is 10.1. The third-order valence-corrected chi connectivity index (χ3v) is 8.63. The van der Waals surface area contributed by atoms with Crippen molar-refractivity contribution >= 4 is 14.2 Å². The highest BCUT2D eigenvalue weighted by molar-refractivity contribution is 6.74. The summed E-state index contributed by atoms with van der Waals surface area (Å²) in [7, 11) is -1.75. The van der Waals surface area contributed by atoms with E-state index in [0.29, 0.717) is 19.0 Å². The molecule has 0 aliphatic carbocycles. The quantitative estimate of drug-likeness (QED) is 0.266. The molecule has 0 aromatic heterocycles. The molecule has 124 valence electrons.